The lowest BCUT2D eigenvalue weighted by Crippen LogP contribution is -2.21. The third-order valence-electron chi connectivity index (χ3n) is 2.20. The highest BCUT2D eigenvalue weighted by Gasteiger charge is 2.20. The van der Waals surface area contributed by atoms with Gasteiger partial charge in [-0.15, -0.1) is 0 Å². The van der Waals surface area contributed by atoms with Gasteiger partial charge in [0.2, 0.25) is 0 Å². The van der Waals surface area contributed by atoms with Gasteiger partial charge < -0.3 is 10.2 Å². The van der Waals surface area contributed by atoms with E-state index in [1.807, 2.05) is 0 Å². The minimum atomic E-state index is -1.06. The van der Waals surface area contributed by atoms with E-state index >= 15 is 0 Å². The number of nitrogens with zero attached hydrogens (tertiary/aromatic N) is 1. The lowest BCUT2D eigenvalue weighted by molar-refractivity contribution is -0.109. The number of aliphatic hydroxyl groups is 2. The Morgan fingerprint density at radius 1 is 1.59 bits per heavy atom. The molecule has 2 atom stereocenters. The van der Waals surface area contributed by atoms with Crippen molar-refractivity contribution in [1.82, 2.24) is 4.98 Å². The summed E-state index contributed by atoms with van der Waals surface area (Å²) in [6.07, 6.45) is -0.654. The average Bonchev–Trinajstić information content (AvgIpc) is 2.28. The number of carbonyl (C=O) groups excluding carboxylic acids is 1. The summed E-state index contributed by atoms with van der Waals surface area (Å²) in [6.45, 7) is 3.18. The molecule has 1 aromatic heterocycles. The van der Waals surface area contributed by atoms with Crippen LogP contribution in [0.15, 0.2) is 12.3 Å². The molecule has 4 nitrogen and oxygen atoms in total. The van der Waals surface area contributed by atoms with Crippen LogP contribution in [0.5, 0.6) is 0 Å². The van der Waals surface area contributed by atoms with Crippen molar-refractivity contribution >= 4 is 28.5 Å². The van der Waals surface area contributed by atoms with Crippen LogP contribution in [0.2, 0.25) is 5.15 Å². The number of aryl methyl sites for hydroxylation is 1. The maximum absolute atomic E-state index is 10.7. The van der Waals surface area contributed by atoms with E-state index < -0.39 is 12.2 Å². The topological polar surface area (TPSA) is 70.4 Å². The number of thioether (sulfide) groups is 1. The van der Waals surface area contributed by atoms with Crippen LogP contribution in [0.25, 0.3) is 0 Å². The van der Waals surface area contributed by atoms with Crippen molar-refractivity contribution in [3.8, 4) is 0 Å². The van der Waals surface area contributed by atoms with Crippen molar-refractivity contribution in [3.63, 3.8) is 0 Å². The first-order chi connectivity index (χ1) is 7.91. The van der Waals surface area contributed by atoms with Crippen LogP contribution in [0.3, 0.4) is 0 Å². The number of aromatic nitrogens is 1. The fourth-order valence-corrected chi connectivity index (χ4v) is 1.95. The molecule has 17 heavy (non-hydrogen) atoms. The summed E-state index contributed by atoms with van der Waals surface area (Å²) < 4.78 is 0. The highest BCUT2D eigenvalue weighted by atomic mass is 35.5. The molecule has 1 rings (SSSR count). The number of hydrogen-bond donors (Lipinski definition) is 2. The molecule has 2 N–H and O–H groups in total. The molecule has 0 aliphatic rings. The number of halogens is 1. The van der Waals surface area contributed by atoms with Crippen molar-refractivity contribution in [3.05, 3.63) is 28.5 Å². The third-order valence-corrected chi connectivity index (χ3v) is 3.51. The second-order valence-corrected chi connectivity index (χ2v) is 5.25. The SMILES string of the molecule is CC(=O)SCC(O)C(O)c1cnc(Cl)c(C)c1. The van der Waals surface area contributed by atoms with E-state index in [-0.39, 0.29) is 10.9 Å². The Morgan fingerprint density at radius 3 is 2.76 bits per heavy atom. The summed E-state index contributed by atoms with van der Waals surface area (Å²) in [6, 6.07) is 1.67. The minimum absolute atomic E-state index is 0.0957. The van der Waals surface area contributed by atoms with Crippen molar-refractivity contribution < 1.29 is 15.0 Å². The van der Waals surface area contributed by atoms with E-state index in [1.54, 1.807) is 13.0 Å². The molecular formula is C11H14ClNO3S. The highest BCUT2D eigenvalue weighted by molar-refractivity contribution is 8.13. The van der Waals surface area contributed by atoms with Crippen molar-refractivity contribution in [2.75, 3.05) is 5.75 Å². The lowest BCUT2D eigenvalue weighted by Gasteiger charge is -2.17. The first-order valence-electron chi connectivity index (χ1n) is 5.03. The molecular weight excluding hydrogens is 262 g/mol. The number of hydrogen-bond acceptors (Lipinski definition) is 5. The molecule has 0 saturated heterocycles. The van der Waals surface area contributed by atoms with E-state index in [0.29, 0.717) is 10.7 Å². The Balaban J connectivity index is 2.70. The number of rotatable bonds is 4. The van der Waals surface area contributed by atoms with Gasteiger partial charge in [0.25, 0.3) is 0 Å². The molecule has 6 heteroatoms. The van der Waals surface area contributed by atoms with E-state index in [0.717, 1.165) is 17.3 Å². The van der Waals surface area contributed by atoms with Gasteiger partial charge in [-0.05, 0) is 18.6 Å². The molecule has 1 aromatic rings. The normalized spacial score (nSPS) is 14.4. The van der Waals surface area contributed by atoms with Gasteiger partial charge in [-0.2, -0.15) is 0 Å². The Morgan fingerprint density at radius 2 is 2.24 bits per heavy atom. The third kappa shape index (κ3) is 4.27. The van der Waals surface area contributed by atoms with Crippen LogP contribution in [0.4, 0.5) is 0 Å². The number of aliphatic hydroxyl groups excluding tert-OH is 2. The molecule has 1 heterocycles. The molecule has 0 aromatic carbocycles. The van der Waals surface area contributed by atoms with Crippen LogP contribution >= 0.6 is 23.4 Å². The quantitative estimate of drug-likeness (QED) is 0.819. The van der Waals surface area contributed by atoms with Crippen molar-refractivity contribution in [1.29, 1.82) is 0 Å². The number of pyridine rings is 1. The molecule has 0 spiro atoms. The first-order valence-corrected chi connectivity index (χ1v) is 6.39. The monoisotopic (exact) mass is 275 g/mol. The Kier molecular flexibility index (Phi) is 5.39. The predicted octanol–water partition coefficient (Wildman–Crippen LogP) is 1.72. The van der Waals surface area contributed by atoms with Crippen LogP contribution in [-0.4, -0.2) is 32.2 Å². The van der Waals surface area contributed by atoms with Gasteiger partial charge in [0.1, 0.15) is 11.3 Å². The summed E-state index contributed by atoms with van der Waals surface area (Å²) in [5, 5.41) is 19.8. The Labute approximate surface area is 109 Å². The summed E-state index contributed by atoms with van der Waals surface area (Å²) in [5.41, 5.74) is 1.22. The number of carbonyl (C=O) groups is 1. The van der Waals surface area contributed by atoms with Crippen molar-refractivity contribution in [2.24, 2.45) is 0 Å². The summed E-state index contributed by atoms with van der Waals surface area (Å²) >= 11 is 6.74. The summed E-state index contributed by atoms with van der Waals surface area (Å²) in [7, 11) is 0. The van der Waals surface area contributed by atoms with Gasteiger partial charge in [0, 0.05) is 24.4 Å². The van der Waals surface area contributed by atoms with E-state index in [1.165, 1.54) is 13.1 Å². The van der Waals surface area contributed by atoms with Crippen LogP contribution < -0.4 is 0 Å². The van der Waals surface area contributed by atoms with E-state index in [4.69, 9.17) is 11.6 Å². The van der Waals surface area contributed by atoms with Crippen LogP contribution in [0.1, 0.15) is 24.2 Å². The van der Waals surface area contributed by atoms with Gasteiger partial charge in [-0.3, -0.25) is 4.79 Å². The summed E-state index contributed by atoms with van der Waals surface area (Å²) in [4.78, 5) is 14.6. The van der Waals surface area contributed by atoms with Gasteiger partial charge in [-0.1, -0.05) is 23.4 Å². The fraction of sp³-hybridized carbons (Fsp3) is 0.455. The Hall–Kier alpha value is -0.620. The van der Waals surface area contributed by atoms with Gasteiger partial charge in [0.15, 0.2) is 5.12 Å². The maximum Gasteiger partial charge on any atom is 0.185 e. The molecule has 0 radical (unpaired) electrons. The molecule has 0 amide bonds. The summed E-state index contributed by atoms with van der Waals surface area (Å²) in [5.74, 6) is 0.151. The predicted molar refractivity (Wildman–Crippen MR) is 68.1 cm³/mol. The molecule has 0 bridgehead atoms. The average molecular weight is 276 g/mol. The molecule has 0 saturated carbocycles. The molecule has 0 aliphatic heterocycles. The Bertz CT molecular complexity index is 414. The minimum Gasteiger partial charge on any atom is -0.389 e. The van der Waals surface area contributed by atoms with Gasteiger partial charge in [0.05, 0.1) is 6.10 Å². The van der Waals surface area contributed by atoms with Crippen molar-refractivity contribution in [2.45, 2.75) is 26.1 Å². The second kappa shape index (κ2) is 6.35. The first kappa shape index (κ1) is 14.4. The molecule has 2 unspecified atom stereocenters. The molecule has 0 aliphatic carbocycles. The van der Waals surface area contributed by atoms with Gasteiger partial charge in [-0.25, -0.2) is 4.98 Å². The van der Waals surface area contributed by atoms with Crippen LogP contribution in [0, 0.1) is 6.92 Å². The standard InChI is InChI=1S/C11H14ClNO3S/c1-6-3-8(4-13-11(6)12)10(16)9(15)5-17-7(2)14/h3-4,9-10,15-16H,5H2,1-2H3. The van der Waals surface area contributed by atoms with E-state index in [2.05, 4.69) is 4.98 Å². The maximum atomic E-state index is 10.7. The zero-order valence-corrected chi connectivity index (χ0v) is 11.1. The molecule has 94 valence electrons. The fourth-order valence-electron chi connectivity index (χ4n) is 1.26. The second-order valence-electron chi connectivity index (χ2n) is 3.69. The van der Waals surface area contributed by atoms with E-state index in [9.17, 15) is 15.0 Å². The molecule has 0 fully saturated rings. The van der Waals surface area contributed by atoms with Crippen LogP contribution in [-0.2, 0) is 4.79 Å². The zero-order chi connectivity index (χ0) is 13.0. The highest BCUT2D eigenvalue weighted by Crippen LogP contribution is 2.22. The lowest BCUT2D eigenvalue weighted by atomic mass is 10.1. The van der Waals surface area contributed by atoms with Gasteiger partial charge >= 0.3 is 0 Å². The zero-order valence-electron chi connectivity index (χ0n) is 9.55. The largest absolute Gasteiger partial charge is 0.389 e. The smallest absolute Gasteiger partial charge is 0.185 e.